The third-order valence-corrected chi connectivity index (χ3v) is 6.88. The fraction of sp³-hybridized carbons (Fsp3) is 0.464. The van der Waals surface area contributed by atoms with Gasteiger partial charge in [0.15, 0.2) is 5.82 Å². The van der Waals surface area contributed by atoms with E-state index in [-0.39, 0.29) is 0 Å². The fourth-order valence-corrected chi connectivity index (χ4v) is 4.85. The molecule has 1 aliphatic carbocycles. The maximum Gasteiger partial charge on any atom is 0.157 e. The Balaban J connectivity index is 1.44. The van der Waals surface area contributed by atoms with E-state index in [4.69, 9.17) is 4.98 Å². The molecular formula is C28H38N4. The molecule has 32 heavy (non-hydrogen) atoms. The van der Waals surface area contributed by atoms with Gasteiger partial charge in [-0.1, -0.05) is 68.9 Å². The molecule has 0 unspecified atom stereocenters. The van der Waals surface area contributed by atoms with E-state index in [1.807, 2.05) is 0 Å². The van der Waals surface area contributed by atoms with Crippen molar-refractivity contribution in [2.24, 2.45) is 5.92 Å². The minimum absolute atomic E-state index is 0.554. The van der Waals surface area contributed by atoms with Crippen LogP contribution in [0.25, 0.3) is 16.7 Å². The number of nitrogens with one attached hydrogen (secondary N) is 1. The van der Waals surface area contributed by atoms with E-state index in [9.17, 15) is 0 Å². The van der Waals surface area contributed by atoms with Crippen LogP contribution in [0.4, 0.5) is 0 Å². The number of hydrogen-bond donors (Lipinski definition) is 1. The van der Waals surface area contributed by atoms with E-state index in [0.717, 1.165) is 68.9 Å². The predicted octanol–water partition coefficient (Wildman–Crippen LogP) is 6.29. The molecule has 0 atom stereocenters. The molecule has 4 rings (SSSR count). The van der Waals surface area contributed by atoms with Gasteiger partial charge in [-0.3, -0.25) is 0 Å². The second-order valence-electron chi connectivity index (χ2n) is 9.17. The summed E-state index contributed by atoms with van der Waals surface area (Å²) in [5.74, 6) is 1.57. The SMILES string of the molecule is C=C(NCCCCC)C1CCN(C(=C)c2nc3ccccc3n2CC2=CC=CCC2)CC1. The fourth-order valence-electron chi connectivity index (χ4n) is 4.85. The van der Waals surface area contributed by atoms with Gasteiger partial charge in [0.25, 0.3) is 0 Å². The predicted molar refractivity (Wildman–Crippen MR) is 136 cm³/mol. The molecule has 1 N–H and O–H groups in total. The number of likely N-dealkylation sites (tertiary alicyclic amines) is 1. The van der Waals surface area contributed by atoms with Crippen LogP contribution in [-0.4, -0.2) is 34.1 Å². The summed E-state index contributed by atoms with van der Waals surface area (Å²) >= 11 is 0. The highest BCUT2D eigenvalue weighted by Crippen LogP contribution is 2.30. The Morgan fingerprint density at radius 2 is 1.97 bits per heavy atom. The Kier molecular flexibility index (Phi) is 7.51. The van der Waals surface area contributed by atoms with E-state index < -0.39 is 0 Å². The molecule has 0 spiro atoms. The lowest BCUT2D eigenvalue weighted by Crippen LogP contribution is -2.35. The normalized spacial score (nSPS) is 16.9. The van der Waals surface area contributed by atoms with Gasteiger partial charge in [0.2, 0.25) is 0 Å². The summed E-state index contributed by atoms with van der Waals surface area (Å²) in [6.45, 7) is 15.0. The summed E-state index contributed by atoms with van der Waals surface area (Å²) in [7, 11) is 0. The monoisotopic (exact) mass is 430 g/mol. The molecule has 2 aromatic rings. The molecule has 1 saturated heterocycles. The Morgan fingerprint density at radius 1 is 1.16 bits per heavy atom. The summed E-state index contributed by atoms with van der Waals surface area (Å²) in [4.78, 5) is 7.44. The molecule has 170 valence electrons. The lowest BCUT2D eigenvalue weighted by Gasteiger charge is -2.35. The number of hydrogen-bond acceptors (Lipinski definition) is 3. The number of rotatable bonds is 10. The zero-order chi connectivity index (χ0) is 22.3. The van der Waals surface area contributed by atoms with E-state index >= 15 is 0 Å². The van der Waals surface area contributed by atoms with Crippen molar-refractivity contribution >= 4 is 16.7 Å². The number of nitrogens with zero attached hydrogens (tertiary/aromatic N) is 3. The van der Waals surface area contributed by atoms with Crippen molar-refractivity contribution in [3.05, 3.63) is 72.7 Å². The summed E-state index contributed by atoms with van der Waals surface area (Å²) in [6.07, 6.45) is 14.9. The van der Waals surface area contributed by atoms with Crippen molar-refractivity contribution in [1.82, 2.24) is 19.8 Å². The van der Waals surface area contributed by atoms with Crippen molar-refractivity contribution in [1.29, 1.82) is 0 Å². The summed E-state index contributed by atoms with van der Waals surface area (Å²) < 4.78 is 2.36. The van der Waals surface area contributed by atoms with Gasteiger partial charge in [-0.2, -0.15) is 0 Å². The van der Waals surface area contributed by atoms with E-state index in [0.29, 0.717) is 5.92 Å². The van der Waals surface area contributed by atoms with E-state index in [1.165, 1.54) is 36.0 Å². The molecule has 0 bridgehead atoms. The van der Waals surface area contributed by atoms with Crippen molar-refractivity contribution in [2.75, 3.05) is 19.6 Å². The van der Waals surface area contributed by atoms with Crippen LogP contribution in [0.3, 0.4) is 0 Å². The summed E-state index contributed by atoms with van der Waals surface area (Å²) in [5.41, 5.74) is 5.96. The van der Waals surface area contributed by atoms with E-state index in [1.54, 1.807) is 0 Å². The number of imidazole rings is 1. The second-order valence-corrected chi connectivity index (χ2v) is 9.17. The molecule has 1 aliphatic heterocycles. The number of piperidine rings is 1. The first-order chi connectivity index (χ1) is 15.7. The van der Waals surface area contributed by atoms with Gasteiger partial charge >= 0.3 is 0 Å². The molecular weight excluding hydrogens is 392 g/mol. The first-order valence-electron chi connectivity index (χ1n) is 12.3. The van der Waals surface area contributed by atoms with Crippen molar-refractivity contribution in [3.8, 4) is 0 Å². The molecule has 1 aromatic carbocycles. The third kappa shape index (κ3) is 5.17. The maximum absolute atomic E-state index is 5.01. The van der Waals surface area contributed by atoms with Crippen LogP contribution < -0.4 is 5.32 Å². The zero-order valence-corrected chi connectivity index (χ0v) is 19.7. The van der Waals surface area contributed by atoms with Crippen molar-refractivity contribution in [3.63, 3.8) is 0 Å². The van der Waals surface area contributed by atoms with Gasteiger partial charge < -0.3 is 14.8 Å². The average molecular weight is 431 g/mol. The highest BCUT2D eigenvalue weighted by Gasteiger charge is 2.25. The zero-order valence-electron chi connectivity index (χ0n) is 19.7. The minimum atomic E-state index is 0.554. The quantitative estimate of drug-likeness (QED) is 0.450. The van der Waals surface area contributed by atoms with Crippen LogP contribution in [-0.2, 0) is 6.54 Å². The Morgan fingerprint density at radius 3 is 2.72 bits per heavy atom. The molecule has 0 saturated carbocycles. The number of allylic oxidation sites excluding steroid dienone is 5. The van der Waals surface area contributed by atoms with Crippen LogP contribution in [0, 0.1) is 5.92 Å². The van der Waals surface area contributed by atoms with Crippen LogP contribution in [0.15, 0.2) is 66.9 Å². The maximum atomic E-state index is 5.01. The van der Waals surface area contributed by atoms with Gasteiger partial charge in [-0.25, -0.2) is 4.98 Å². The minimum Gasteiger partial charge on any atom is -0.389 e. The molecule has 1 fully saturated rings. The van der Waals surface area contributed by atoms with Gasteiger partial charge in [-0.05, 0) is 44.2 Å². The molecule has 2 aliphatic rings. The standard InChI is InChI=1S/C28H38N4/c1-4-5-11-18-29-22(2)25-16-19-31(20-17-25)23(3)28-30-26-14-9-10-15-27(26)32(28)21-24-12-7-6-8-13-24/h6-7,9-10,12,14-15,25,29H,2-5,8,11,13,16-21H2,1H3. The Hall–Kier alpha value is -2.75. The molecule has 0 radical (unpaired) electrons. The van der Waals surface area contributed by atoms with Crippen LogP contribution in [0.5, 0.6) is 0 Å². The van der Waals surface area contributed by atoms with Gasteiger partial charge in [0.05, 0.1) is 16.7 Å². The van der Waals surface area contributed by atoms with Gasteiger partial charge in [-0.15, -0.1) is 0 Å². The van der Waals surface area contributed by atoms with E-state index in [2.05, 4.69) is 77.4 Å². The summed E-state index contributed by atoms with van der Waals surface area (Å²) in [6, 6.07) is 8.46. The van der Waals surface area contributed by atoms with Crippen LogP contribution >= 0.6 is 0 Å². The molecule has 1 aromatic heterocycles. The van der Waals surface area contributed by atoms with Crippen LogP contribution in [0.2, 0.25) is 0 Å². The molecule has 4 heteroatoms. The van der Waals surface area contributed by atoms with Crippen LogP contribution in [0.1, 0.15) is 57.7 Å². The number of benzene rings is 1. The number of para-hydroxylation sites is 2. The number of fused-ring (bicyclic) bond motifs is 1. The third-order valence-electron chi connectivity index (χ3n) is 6.88. The molecule has 0 amide bonds. The molecule has 2 heterocycles. The van der Waals surface area contributed by atoms with Gasteiger partial charge in [0, 0.05) is 37.8 Å². The van der Waals surface area contributed by atoms with Gasteiger partial charge in [0.1, 0.15) is 0 Å². The smallest absolute Gasteiger partial charge is 0.157 e. The van der Waals surface area contributed by atoms with Crippen molar-refractivity contribution in [2.45, 2.75) is 58.4 Å². The largest absolute Gasteiger partial charge is 0.389 e. The Bertz CT molecular complexity index is 1000. The highest BCUT2D eigenvalue weighted by atomic mass is 15.2. The van der Waals surface area contributed by atoms with Crippen molar-refractivity contribution < 1.29 is 0 Å². The first kappa shape index (κ1) is 22.4. The average Bonchev–Trinajstić information content (AvgIpc) is 3.20. The highest BCUT2D eigenvalue weighted by molar-refractivity contribution is 5.79. The lowest BCUT2D eigenvalue weighted by molar-refractivity contribution is 0.270. The number of aromatic nitrogens is 2. The topological polar surface area (TPSA) is 33.1 Å². The lowest BCUT2D eigenvalue weighted by atomic mass is 9.93. The second kappa shape index (κ2) is 10.7. The first-order valence-corrected chi connectivity index (χ1v) is 12.3. The molecule has 4 nitrogen and oxygen atoms in total. The summed E-state index contributed by atoms with van der Waals surface area (Å²) in [5, 5.41) is 3.57. The number of unbranched alkanes of at least 4 members (excludes halogenated alkanes) is 2. The Labute approximate surface area is 193 Å².